The lowest BCUT2D eigenvalue weighted by Gasteiger charge is -2.12. The number of nitrogens with one attached hydrogen (secondary N) is 1. The molecule has 0 saturated carbocycles. The van der Waals surface area contributed by atoms with Gasteiger partial charge in [-0.05, 0) is 66.5 Å². The van der Waals surface area contributed by atoms with Crippen LogP contribution in [0.5, 0.6) is 0 Å². The molecule has 120 valence electrons. The molecule has 1 amide bonds. The molecule has 4 rings (SSSR count). The predicted molar refractivity (Wildman–Crippen MR) is 94.2 cm³/mol. The molecule has 3 heteroatoms. The van der Waals surface area contributed by atoms with E-state index < -0.39 is 0 Å². The molecule has 0 bridgehead atoms. The summed E-state index contributed by atoms with van der Waals surface area (Å²) in [7, 11) is 0. The Hall–Kier alpha value is -2.29. The molecule has 0 aromatic heterocycles. The zero-order valence-electron chi connectivity index (χ0n) is 13.6. The number of nitrogens with two attached hydrogens (primary N) is 1. The Morgan fingerprint density at radius 3 is 2.39 bits per heavy atom. The molecule has 0 radical (unpaired) electrons. The van der Waals surface area contributed by atoms with Crippen LogP contribution in [0.15, 0.2) is 42.5 Å². The number of amides is 1. The summed E-state index contributed by atoms with van der Waals surface area (Å²) in [6.07, 6.45) is 5.98. The molecule has 2 aliphatic rings. The Kier molecular flexibility index (Phi) is 4.65. The first-order chi connectivity index (χ1) is 11.1. The van der Waals surface area contributed by atoms with Crippen molar-refractivity contribution in [2.75, 3.05) is 5.73 Å². The van der Waals surface area contributed by atoms with Crippen LogP contribution in [0.3, 0.4) is 0 Å². The Balaban J connectivity index is 0.000000149. The topological polar surface area (TPSA) is 55.1 Å². The average molecular weight is 308 g/mol. The van der Waals surface area contributed by atoms with E-state index in [1.54, 1.807) is 18.1 Å². The van der Waals surface area contributed by atoms with Crippen LogP contribution in [0.1, 0.15) is 48.1 Å². The van der Waals surface area contributed by atoms with E-state index >= 15 is 0 Å². The highest BCUT2D eigenvalue weighted by molar-refractivity contribution is 5.73. The highest BCUT2D eigenvalue weighted by Gasteiger charge is 2.22. The van der Waals surface area contributed by atoms with E-state index in [2.05, 4.69) is 29.6 Å². The zero-order chi connectivity index (χ0) is 16.2. The van der Waals surface area contributed by atoms with Crippen LogP contribution in [-0.4, -0.2) is 5.91 Å². The number of hydrogen-bond donors (Lipinski definition) is 2. The predicted octanol–water partition coefficient (Wildman–Crippen LogP) is 3.57. The number of hydrogen-bond acceptors (Lipinski definition) is 2. The van der Waals surface area contributed by atoms with Gasteiger partial charge in [0.1, 0.15) is 0 Å². The van der Waals surface area contributed by atoms with Crippen LogP contribution in [0, 0.1) is 0 Å². The van der Waals surface area contributed by atoms with E-state index in [-0.39, 0.29) is 11.9 Å². The highest BCUT2D eigenvalue weighted by Crippen LogP contribution is 2.32. The maximum Gasteiger partial charge on any atom is 0.217 e. The van der Waals surface area contributed by atoms with Crippen molar-refractivity contribution in [1.29, 1.82) is 0 Å². The standard InChI is InChI=1S/C11H14N2O.C9H10/c1-7(14)13-11-5-3-8-2-4-9(12)6-10(8)11;1-2-5-9-7-3-6-8(9)4-1/h2,4,6,11H,3,5,12H2,1H3,(H,13,14);1-2,4-5H,3,6-7H2. The quantitative estimate of drug-likeness (QED) is 0.791. The van der Waals surface area contributed by atoms with Crippen molar-refractivity contribution in [2.45, 2.75) is 45.1 Å². The van der Waals surface area contributed by atoms with Crippen LogP contribution >= 0.6 is 0 Å². The summed E-state index contributed by atoms with van der Waals surface area (Å²) in [4.78, 5) is 11.0. The molecule has 0 spiro atoms. The molecule has 23 heavy (non-hydrogen) atoms. The van der Waals surface area contributed by atoms with E-state index in [0.29, 0.717) is 0 Å². The summed E-state index contributed by atoms with van der Waals surface area (Å²) in [5.74, 6) is 0.0188. The molecule has 0 fully saturated rings. The van der Waals surface area contributed by atoms with Crippen molar-refractivity contribution >= 4 is 11.6 Å². The first kappa shape index (κ1) is 15.6. The maximum atomic E-state index is 11.0. The normalized spacial score (nSPS) is 17.7. The zero-order valence-corrected chi connectivity index (χ0v) is 13.6. The largest absolute Gasteiger partial charge is 0.399 e. The summed E-state index contributed by atoms with van der Waals surface area (Å²) in [6, 6.07) is 14.8. The van der Waals surface area contributed by atoms with Gasteiger partial charge in [0.25, 0.3) is 0 Å². The van der Waals surface area contributed by atoms with Gasteiger partial charge in [0.05, 0.1) is 6.04 Å². The molecule has 2 aromatic rings. The Bertz CT molecular complexity index is 686. The molecule has 2 aromatic carbocycles. The molecule has 1 unspecified atom stereocenters. The molecule has 2 aliphatic carbocycles. The van der Waals surface area contributed by atoms with Crippen molar-refractivity contribution in [3.63, 3.8) is 0 Å². The molecule has 0 aliphatic heterocycles. The van der Waals surface area contributed by atoms with Crippen LogP contribution in [-0.2, 0) is 24.1 Å². The van der Waals surface area contributed by atoms with E-state index in [4.69, 9.17) is 5.73 Å². The van der Waals surface area contributed by atoms with Crippen LogP contribution in [0.25, 0.3) is 0 Å². The summed E-state index contributed by atoms with van der Waals surface area (Å²) >= 11 is 0. The molecular weight excluding hydrogens is 284 g/mol. The lowest BCUT2D eigenvalue weighted by atomic mass is 10.1. The SMILES string of the molecule is CC(=O)NC1CCc2ccc(N)cc21.c1ccc2c(c1)CCC2. The minimum Gasteiger partial charge on any atom is -0.399 e. The summed E-state index contributed by atoms with van der Waals surface area (Å²) < 4.78 is 0. The second-order valence-electron chi connectivity index (χ2n) is 6.37. The van der Waals surface area contributed by atoms with Gasteiger partial charge < -0.3 is 11.1 Å². The third kappa shape index (κ3) is 3.73. The van der Waals surface area contributed by atoms with Crippen LogP contribution < -0.4 is 11.1 Å². The number of aryl methyl sites for hydroxylation is 3. The fraction of sp³-hybridized carbons (Fsp3) is 0.350. The maximum absolute atomic E-state index is 11.0. The number of fused-ring (bicyclic) bond motifs is 2. The van der Waals surface area contributed by atoms with Crippen molar-refractivity contribution in [3.05, 3.63) is 64.7 Å². The third-order valence-electron chi connectivity index (χ3n) is 4.64. The number of carbonyl (C=O) groups excluding carboxylic acids is 1. The molecule has 1 atom stereocenters. The van der Waals surface area contributed by atoms with Crippen molar-refractivity contribution < 1.29 is 4.79 Å². The molecule has 3 N–H and O–H groups in total. The van der Waals surface area contributed by atoms with Gasteiger partial charge >= 0.3 is 0 Å². The fourth-order valence-electron chi connectivity index (χ4n) is 3.53. The van der Waals surface area contributed by atoms with Crippen LogP contribution in [0.2, 0.25) is 0 Å². The van der Waals surface area contributed by atoms with Gasteiger partial charge in [-0.3, -0.25) is 4.79 Å². The van der Waals surface area contributed by atoms with Gasteiger partial charge in [-0.25, -0.2) is 0 Å². The highest BCUT2D eigenvalue weighted by atomic mass is 16.1. The van der Waals surface area contributed by atoms with Gasteiger partial charge in [-0.15, -0.1) is 0 Å². The number of carbonyl (C=O) groups is 1. The lowest BCUT2D eigenvalue weighted by Crippen LogP contribution is -2.24. The minimum atomic E-state index is 0.0188. The number of nitrogen functional groups attached to an aromatic ring is 1. The second-order valence-corrected chi connectivity index (χ2v) is 6.37. The minimum absolute atomic E-state index is 0.0188. The lowest BCUT2D eigenvalue weighted by molar-refractivity contribution is -0.119. The second kappa shape index (κ2) is 6.86. The van der Waals surface area contributed by atoms with E-state index in [0.717, 1.165) is 18.5 Å². The van der Waals surface area contributed by atoms with Crippen molar-refractivity contribution in [3.8, 4) is 0 Å². The average Bonchev–Trinajstić information content (AvgIpc) is 3.14. The molecule has 3 nitrogen and oxygen atoms in total. The fourth-order valence-corrected chi connectivity index (χ4v) is 3.53. The monoisotopic (exact) mass is 308 g/mol. The summed E-state index contributed by atoms with van der Waals surface area (Å²) in [5.41, 5.74) is 12.1. The van der Waals surface area contributed by atoms with Gasteiger partial charge in [-0.2, -0.15) is 0 Å². The van der Waals surface area contributed by atoms with E-state index in [1.807, 2.05) is 18.2 Å². The number of benzene rings is 2. The third-order valence-corrected chi connectivity index (χ3v) is 4.64. The Labute approximate surface area is 137 Å². The number of anilines is 1. The van der Waals surface area contributed by atoms with Crippen molar-refractivity contribution in [2.24, 2.45) is 0 Å². The number of rotatable bonds is 1. The molecule has 0 saturated heterocycles. The first-order valence-electron chi connectivity index (χ1n) is 8.35. The van der Waals surface area contributed by atoms with Gasteiger partial charge in [0.2, 0.25) is 5.91 Å². The summed E-state index contributed by atoms with van der Waals surface area (Å²) in [6.45, 7) is 1.55. The van der Waals surface area contributed by atoms with Gasteiger partial charge in [0, 0.05) is 12.6 Å². The van der Waals surface area contributed by atoms with Crippen molar-refractivity contribution in [1.82, 2.24) is 5.32 Å². The van der Waals surface area contributed by atoms with Gasteiger partial charge in [0.15, 0.2) is 0 Å². The van der Waals surface area contributed by atoms with Crippen LogP contribution in [0.4, 0.5) is 5.69 Å². The van der Waals surface area contributed by atoms with Gasteiger partial charge in [-0.1, -0.05) is 30.3 Å². The first-order valence-corrected chi connectivity index (χ1v) is 8.35. The molecular formula is C20H24N2O. The molecule has 0 heterocycles. The van der Waals surface area contributed by atoms with E-state index in [9.17, 15) is 4.79 Å². The Morgan fingerprint density at radius 1 is 1.04 bits per heavy atom. The van der Waals surface area contributed by atoms with E-state index in [1.165, 1.54) is 30.4 Å². The Morgan fingerprint density at radius 2 is 1.74 bits per heavy atom. The summed E-state index contributed by atoms with van der Waals surface area (Å²) in [5, 5.41) is 2.93. The smallest absolute Gasteiger partial charge is 0.217 e.